The van der Waals surface area contributed by atoms with Crippen molar-refractivity contribution in [3.63, 3.8) is 0 Å². The number of carbonyl (C=O) groups excluding carboxylic acids is 1. The van der Waals surface area contributed by atoms with Gasteiger partial charge in [0.25, 0.3) is 0 Å². The van der Waals surface area contributed by atoms with Crippen molar-refractivity contribution in [2.75, 3.05) is 11.9 Å². The molecular formula is C16H15Cl2NO. The second-order valence-corrected chi connectivity index (χ2v) is 5.30. The lowest BCUT2D eigenvalue weighted by molar-refractivity contribution is -0.118. The SMILES string of the molecule is CN(C(=O)CCc1c(Cl)cccc1Cl)c1ccccc1. The van der Waals surface area contributed by atoms with Crippen molar-refractivity contribution in [2.24, 2.45) is 0 Å². The van der Waals surface area contributed by atoms with Gasteiger partial charge in [-0.25, -0.2) is 0 Å². The third-order valence-corrected chi connectivity index (χ3v) is 3.88. The molecule has 2 nitrogen and oxygen atoms in total. The maximum atomic E-state index is 12.2. The minimum atomic E-state index is 0.0344. The molecule has 0 aromatic heterocycles. The van der Waals surface area contributed by atoms with E-state index in [1.807, 2.05) is 30.3 Å². The van der Waals surface area contributed by atoms with Gasteiger partial charge in [0, 0.05) is 29.2 Å². The minimum Gasteiger partial charge on any atom is -0.315 e. The van der Waals surface area contributed by atoms with Gasteiger partial charge in [0.15, 0.2) is 0 Å². The molecule has 0 heterocycles. The number of para-hydroxylation sites is 1. The largest absolute Gasteiger partial charge is 0.315 e. The van der Waals surface area contributed by atoms with E-state index in [4.69, 9.17) is 23.2 Å². The summed E-state index contributed by atoms with van der Waals surface area (Å²) in [5.74, 6) is 0.0344. The fourth-order valence-electron chi connectivity index (χ4n) is 1.97. The number of nitrogens with zero attached hydrogens (tertiary/aromatic N) is 1. The van der Waals surface area contributed by atoms with Crippen LogP contribution in [0.15, 0.2) is 48.5 Å². The van der Waals surface area contributed by atoms with Crippen LogP contribution >= 0.6 is 23.2 Å². The molecule has 104 valence electrons. The van der Waals surface area contributed by atoms with E-state index in [1.54, 1.807) is 30.1 Å². The van der Waals surface area contributed by atoms with Crippen molar-refractivity contribution in [3.05, 3.63) is 64.1 Å². The summed E-state index contributed by atoms with van der Waals surface area (Å²) in [7, 11) is 1.77. The van der Waals surface area contributed by atoms with Gasteiger partial charge < -0.3 is 4.90 Å². The standard InChI is InChI=1S/C16H15Cl2NO/c1-19(12-6-3-2-4-7-12)16(20)11-10-13-14(17)8-5-9-15(13)18/h2-9H,10-11H2,1H3. The summed E-state index contributed by atoms with van der Waals surface area (Å²) in [6.45, 7) is 0. The molecule has 2 aromatic rings. The van der Waals surface area contributed by atoms with E-state index in [1.165, 1.54) is 0 Å². The van der Waals surface area contributed by atoms with E-state index in [2.05, 4.69) is 0 Å². The number of amides is 1. The van der Waals surface area contributed by atoms with E-state index in [-0.39, 0.29) is 5.91 Å². The van der Waals surface area contributed by atoms with Crippen LogP contribution in [0.4, 0.5) is 5.69 Å². The molecule has 0 unspecified atom stereocenters. The third kappa shape index (κ3) is 3.53. The highest BCUT2D eigenvalue weighted by Crippen LogP contribution is 2.26. The third-order valence-electron chi connectivity index (χ3n) is 3.17. The van der Waals surface area contributed by atoms with E-state index in [0.29, 0.717) is 22.9 Å². The van der Waals surface area contributed by atoms with Crippen LogP contribution in [0.25, 0.3) is 0 Å². The Morgan fingerprint density at radius 1 is 1.00 bits per heavy atom. The van der Waals surface area contributed by atoms with Crippen molar-refractivity contribution in [2.45, 2.75) is 12.8 Å². The van der Waals surface area contributed by atoms with E-state index in [0.717, 1.165) is 11.3 Å². The van der Waals surface area contributed by atoms with Gasteiger partial charge in [0.05, 0.1) is 0 Å². The monoisotopic (exact) mass is 307 g/mol. The molecule has 0 saturated carbocycles. The molecule has 0 aliphatic rings. The molecule has 4 heteroatoms. The molecule has 20 heavy (non-hydrogen) atoms. The lowest BCUT2D eigenvalue weighted by Crippen LogP contribution is -2.26. The molecule has 1 amide bonds. The van der Waals surface area contributed by atoms with E-state index < -0.39 is 0 Å². The van der Waals surface area contributed by atoms with E-state index >= 15 is 0 Å². The Balaban J connectivity index is 2.02. The van der Waals surface area contributed by atoms with Crippen LogP contribution in [-0.2, 0) is 11.2 Å². The summed E-state index contributed by atoms with van der Waals surface area (Å²) < 4.78 is 0. The van der Waals surface area contributed by atoms with E-state index in [9.17, 15) is 4.79 Å². The smallest absolute Gasteiger partial charge is 0.227 e. The van der Waals surface area contributed by atoms with Gasteiger partial charge in [-0.05, 0) is 36.2 Å². The highest BCUT2D eigenvalue weighted by atomic mass is 35.5. The molecule has 0 bridgehead atoms. The number of carbonyl (C=O) groups is 1. The molecule has 2 rings (SSSR count). The van der Waals surface area contributed by atoms with Crippen LogP contribution in [0.2, 0.25) is 10.0 Å². The molecule has 0 fully saturated rings. The molecule has 0 saturated heterocycles. The summed E-state index contributed by atoms with van der Waals surface area (Å²) in [6, 6.07) is 14.9. The predicted molar refractivity (Wildman–Crippen MR) is 84.6 cm³/mol. The highest BCUT2D eigenvalue weighted by Gasteiger charge is 2.13. The number of rotatable bonds is 4. The summed E-state index contributed by atoms with van der Waals surface area (Å²) in [6.07, 6.45) is 0.906. The van der Waals surface area contributed by atoms with Crippen LogP contribution < -0.4 is 4.90 Å². The Labute approximate surface area is 128 Å². The lowest BCUT2D eigenvalue weighted by Gasteiger charge is -2.17. The molecular weight excluding hydrogens is 293 g/mol. The van der Waals surface area contributed by atoms with Gasteiger partial charge in [0.1, 0.15) is 0 Å². The fourth-order valence-corrected chi connectivity index (χ4v) is 2.55. The number of benzene rings is 2. The van der Waals surface area contributed by atoms with Gasteiger partial charge >= 0.3 is 0 Å². The maximum absolute atomic E-state index is 12.2. The first-order valence-corrected chi connectivity index (χ1v) is 7.09. The van der Waals surface area contributed by atoms with Crippen molar-refractivity contribution < 1.29 is 4.79 Å². The fraction of sp³-hybridized carbons (Fsp3) is 0.188. The molecule has 0 aliphatic carbocycles. The molecule has 0 spiro atoms. The zero-order valence-electron chi connectivity index (χ0n) is 11.1. The molecule has 0 radical (unpaired) electrons. The first-order valence-electron chi connectivity index (χ1n) is 6.34. The average Bonchev–Trinajstić information content (AvgIpc) is 2.46. The second-order valence-electron chi connectivity index (χ2n) is 4.49. The van der Waals surface area contributed by atoms with Crippen LogP contribution in [0.3, 0.4) is 0 Å². The lowest BCUT2D eigenvalue weighted by atomic mass is 10.1. The quantitative estimate of drug-likeness (QED) is 0.809. The molecule has 2 aromatic carbocycles. The van der Waals surface area contributed by atoms with Crippen molar-refractivity contribution in [3.8, 4) is 0 Å². The number of hydrogen-bond acceptors (Lipinski definition) is 1. The zero-order valence-corrected chi connectivity index (χ0v) is 12.7. The van der Waals surface area contributed by atoms with Crippen molar-refractivity contribution in [1.82, 2.24) is 0 Å². The van der Waals surface area contributed by atoms with Gasteiger partial charge in [-0.2, -0.15) is 0 Å². The Bertz CT molecular complexity index is 578. The van der Waals surface area contributed by atoms with Crippen molar-refractivity contribution >= 4 is 34.8 Å². The first kappa shape index (κ1) is 14.9. The summed E-state index contributed by atoms with van der Waals surface area (Å²) >= 11 is 12.2. The maximum Gasteiger partial charge on any atom is 0.227 e. The Morgan fingerprint density at radius 3 is 2.20 bits per heavy atom. The van der Waals surface area contributed by atoms with Crippen LogP contribution in [-0.4, -0.2) is 13.0 Å². The van der Waals surface area contributed by atoms with Gasteiger partial charge in [-0.1, -0.05) is 47.5 Å². The summed E-state index contributed by atoms with van der Waals surface area (Å²) in [5.41, 5.74) is 1.70. The minimum absolute atomic E-state index is 0.0344. The summed E-state index contributed by atoms with van der Waals surface area (Å²) in [5, 5.41) is 1.21. The Hall–Kier alpha value is -1.51. The van der Waals surface area contributed by atoms with Crippen LogP contribution in [0, 0.1) is 0 Å². The van der Waals surface area contributed by atoms with Gasteiger partial charge in [-0.15, -0.1) is 0 Å². The molecule has 0 aliphatic heterocycles. The zero-order chi connectivity index (χ0) is 14.5. The topological polar surface area (TPSA) is 20.3 Å². The number of hydrogen-bond donors (Lipinski definition) is 0. The molecule has 0 atom stereocenters. The van der Waals surface area contributed by atoms with Crippen LogP contribution in [0.5, 0.6) is 0 Å². The van der Waals surface area contributed by atoms with Crippen molar-refractivity contribution in [1.29, 1.82) is 0 Å². The first-order chi connectivity index (χ1) is 9.59. The Kier molecular flexibility index (Phi) is 5.05. The second kappa shape index (κ2) is 6.78. The Morgan fingerprint density at radius 2 is 1.60 bits per heavy atom. The summed E-state index contributed by atoms with van der Waals surface area (Å²) in [4.78, 5) is 13.8. The van der Waals surface area contributed by atoms with Gasteiger partial charge in [-0.3, -0.25) is 4.79 Å². The van der Waals surface area contributed by atoms with Gasteiger partial charge in [0.2, 0.25) is 5.91 Å². The normalized spacial score (nSPS) is 10.3. The number of anilines is 1. The highest BCUT2D eigenvalue weighted by molar-refractivity contribution is 6.36. The predicted octanol–water partition coefficient (Wildman–Crippen LogP) is 4.59. The molecule has 0 N–H and O–H groups in total. The number of halogens is 2. The average molecular weight is 308 g/mol. The van der Waals surface area contributed by atoms with Crippen LogP contribution in [0.1, 0.15) is 12.0 Å².